The Balaban J connectivity index is 1.64. The summed E-state index contributed by atoms with van der Waals surface area (Å²) in [5, 5.41) is 18.5. The summed E-state index contributed by atoms with van der Waals surface area (Å²) in [5.41, 5.74) is 0.171. The van der Waals surface area contributed by atoms with Crippen molar-refractivity contribution in [3.63, 3.8) is 0 Å². The van der Waals surface area contributed by atoms with Crippen LogP contribution in [0.3, 0.4) is 0 Å². The third-order valence-corrected chi connectivity index (χ3v) is 5.92. The predicted octanol–water partition coefficient (Wildman–Crippen LogP) is 3.57. The Kier molecular flexibility index (Phi) is 4.99. The number of hydrogen-bond donors (Lipinski definition) is 3. The van der Waals surface area contributed by atoms with Gasteiger partial charge < -0.3 is 5.11 Å². The Hall–Kier alpha value is -2.09. The van der Waals surface area contributed by atoms with E-state index >= 15 is 0 Å². The maximum Gasteiger partial charge on any atom is 0.249 e. The van der Waals surface area contributed by atoms with Gasteiger partial charge in [0.1, 0.15) is 11.6 Å². The summed E-state index contributed by atoms with van der Waals surface area (Å²) in [6.45, 7) is 3.75. The van der Waals surface area contributed by atoms with Crippen LogP contribution in [-0.2, 0) is 4.79 Å². The largest absolute Gasteiger partial charge is 0.508 e. The number of anilines is 1. The van der Waals surface area contributed by atoms with Crippen molar-refractivity contribution in [2.75, 3.05) is 11.1 Å². The van der Waals surface area contributed by atoms with Crippen molar-refractivity contribution in [3.8, 4) is 17.1 Å². The van der Waals surface area contributed by atoms with Crippen LogP contribution in [0.2, 0.25) is 0 Å². The minimum absolute atomic E-state index is 0.102. The maximum absolute atomic E-state index is 13.9. The molecule has 1 aliphatic rings. The second-order valence-corrected chi connectivity index (χ2v) is 8.39. The number of amides is 1. The maximum atomic E-state index is 13.9. The van der Waals surface area contributed by atoms with Gasteiger partial charge in [-0.25, -0.2) is 4.39 Å². The molecule has 0 bridgehead atoms. The number of nitrogens with one attached hydrogen (secondary N) is 2. The van der Waals surface area contributed by atoms with E-state index in [-0.39, 0.29) is 29.0 Å². The number of aromatic amines is 1. The van der Waals surface area contributed by atoms with Crippen molar-refractivity contribution in [1.82, 2.24) is 15.2 Å². The molecule has 8 heteroatoms. The molecule has 3 rings (SSSR count). The van der Waals surface area contributed by atoms with Gasteiger partial charge in [0.2, 0.25) is 11.9 Å². The second kappa shape index (κ2) is 7.03. The first-order valence-corrected chi connectivity index (χ1v) is 9.20. The lowest BCUT2D eigenvalue weighted by molar-refractivity contribution is -0.117. The SMILES string of the molecule is CC(C)(SCC1CCC1)C(=O)Nc1n[nH]c(-c2ccc(O)cc2F)n1. The molecular formula is C17H21FN4O2S. The molecule has 0 spiro atoms. The minimum Gasteiger partial charge on any atom is -0.508 e. The lowest BCUT2D eigenvalue weighted by atomic mass is 9.87. The van der Waals surface area contributed by atoms with Crippen LogP contribution in [0.1, 0.15) is 33.1 Å². The molecule has 0 saturated heterocycles. The summed E-state index contributed by atoms with van der Waals surface area (Å²) in [6.07, 6.45) is 3.77. The average Bonchev–Trinajstić information content (AvgIpc) is 2.93. The Morgan fingerprint density at radius 1 is 1.48 bits per heavy atom. The summed E-state index contributed by atoms with van der Waals surface area (Å²) in [5.74, 6) is 0.999. The molecule has 1 aromatic heterocycles. The molecule has 3 N–H and O–H groups in total. The number of thioether (sulfide) groups is 1. The summed E-state index contributed by atoms with van der Waals surface area (Å²) >= 11 is 1.63. The van der Waals surface area contributed by atoms with Crippen LogP contribution < -0.4 is 5.32 Å². The summed E-state index contributed by atoms with van der Waals surface area (Å²) in [6, 6.07) is 3.75. The summed E-state index contributed by atoms with van der Waals surface area (Å²) < 4.78 is 13.3. The molecule has 0 unspecified atom stereocenters. The molecule has 1 fully saturated rings. The van der Waals surface area contributed by atoms with Crippen molar-refractivity contribution >= 4 is 23.6 Å². The highest BCUT2D eigenvalue weighted by Gasteiger charge is 2.31. The summed E-state index contributed by atoms with van der Waals surface area (Å²) in [4.78, 5) is 16.6. The molecule has 25 heavy (non-hydrogen) atoms. The van der Waals surface area contributed by atoms with E-state index in [0.29, 0.717) is 5.92 Å². The molecule has 1 amide bonds. The van der Waals surface area contributed by atoms with Crippen LogP contribution in [-0.4, -0.2) is 36.7 Å². The number of halogens is 1. The standard InChI is InChI=1S/C17H21FN4O2S/c1-17(2,25-9-10-4-3-5-10)15(24)20-16-19-14(21-22-16)12-7-6-11(23)8-13(12)18/h6-8,10,23H,3-5,9H2,1-2H3,(H2,19,20,21,22,24). The molecule has 0 radical (unpaired) electrons. The van der Waals surface area contributed by atoms with E-state index in [1.54, 1.807) is 11.8 Å². The Morgan fingerprint density at radius 2 is 2.24 bits per heavy atom. The van der Waals surface area contributed by atoms with E-state index in [2.05, 4.69) is 20.5 Å². The predicted molar refractivity (Wildman–Crippen MR) is 95.9 cm³/mol. The number of aromatic hydroxyl groups is 1. The van der Waals surface area contributed by atoms with E-state index in [9.17, 15) is 14.3 Å². The Morgan fingerprint density at radius 3 is 2.88 bits per heavy atom. The molecule has 1 aromatic carbocycles. The van der Waals surface area contributed by atoms with Gasteiger partial charge in [0.05, 0.1) is 10.3 Å². The molecule has 2 aromatic rings. The lowest BCUT2D eigenvalue weighted by Gasteiger charge is -2.29. The van der Waals surface area contributed by atoms with E-state index in [1.165, 1.54) is 31.4 Å². The van der Waals surface area contributed by atoms with Crippen LogP contribution in [0.25, 0.3) is 11.4 Å². The number of rotatable bonds is 6. The fraction of sp³-hybridized carbons (Fsp3) is 0.471. The molecule has 1 saturated carbocycles. The first-order valence-electron chi connectivity index (χ1n) is 8.22. The van der Waals surface area contributed by atoms with Crippen LogP contribution in [0.15, 0.2) is 18.2 Å². The van der Waals surface area contributed by atoms with Gasteiger partial charge in [-0.2, -0.15) is 4.98 Å². The van der Waals surface area contributed by atoms with Crippen molar-refractivity contribution in [3.05, 3.63) is 24.0 Å². The highest BCUT2D eigenvalue weighted by atomic mass is 32.2. The van der Waals surface area contributed by atoms with E-state index in [1.807, 2.05) is 13.8 Å². The number of carbonyl (C=O) groups is 1. The third kappa shape index (κ3) is 4.12. The first-order chi connectivity index (χ1) is 11.8. The van der Waals surface area contributed by atoms with Crippen LogP contribution in [0.5, 0.6) is 5.75 Å². The van der Waals surface area contributed by atoms with Crippen molar-refractivity contribution in [2.45, 2.75) is 37.9 Å². The van der Waals surface area contributed by atoms with Gasteiger partial charge in [-0.1, -0.05) is 6.42 Å². The van der Waals surface area contributed by atoms with Gasteiger partial charge in [-0.05, 0) is 50.5 Å². The van der Waals surface area contributed by atoms with E-state index < -0.39 is 10.6 Å². The van der Waals surface area contributed by atoms with Crippen LogP contribution >= 0.6 is 11.8 Å². The minimum atomic E-state index is -0.620. The van der Waals surface area contributed by atoms with Gasteiger partial charge in [-0.15, -0.1) is 16.9 Å². The van der Waals surface area contributed by atoms with Crippen molar-refractivity contribution < 1.29 is 14.3 Å². The molecule has 0 atom stereocenters. The smallest absolute Gasteiger partial charge is 0.249 e. The van der Waals surface area contributed by atoms with Gasteiger partial charge in [0.15, 0.2) is 5.82 Å². The number of carbonyl (C=O) groups excluding carboxylic acids is 1. The molecular weight excluding hydrogens is 343 g/mol. The third-order valence-electron chi connectivity index (χ3n) is 4.37. The van der Waals surface area contributed by atoms with Crippen LogP contribution in [0, 0.1) is 11.7 Å². The number of phenols is 1. The van der Waals surface area contributed by atoms with Crippen LogP contribution in [0.4, 0.5) is 10.3 Å². The zero-order valence-corrected chi connectivity index (χ0v) is 15.0. The zero-order chi connectivity index (χ0) is 18.0. The monoisotopic (exact) mass is 364 g/mol. The molecule has 0 aliphatic heterocycles. The lowest BCUT2D eigenvalue weighted by Crippen LogP contribution is -2.35. The number of hydrogen-bond acceptors (Lipinski definition) is 5. The Bertz CT molecular complexity index is 774. The molecule has 1 aliphatic carbocycles. The normalized spacial score (nSPS) is 15.0. The quantitative estimate of drug-likeness (QED) is 0.729. The fourth-order valence-corrected chi connectivity index (χ4v) is 3.61. The van der Waals surface area contributed by atoms with Gasteiger partial charge in [0.25, 0.3) is 0 Å². The highest BCUT2D eigenvalue weighted by Crippen LogP contribution is 2.35. The molecule has 6 nitrogen and oxygen atoms in total. The number of nitrogens with zero attached hydrogens (tertiary/aromatic N) is 2. The van der Waals surface area contributed by atoms with Gasteiger partial charge in [0, 0.05) is 6.07 Å². The molecule has 134 valence electrons. The number of phenolic OH excluding ortho intramolecular Hbond substituents is 1. The summed E-state index contributed by atoms with van der Waals surface area (Å²) in [7, 11) is 0. The van der Waals surface area contributed by atoms with E-state index in [4.69, 9.17) is 0 Å². The number of H-pyrrole nitrogens is 1. The fourth-order valence-electron chi connectivity index (χ4n) is 2.44. The Labute approximate surface area is 149 Å². The van der Waals surface area contributed by atoms with Crippen molar-refractivity contribution in [2.24, 2.45) is 5.92 Å². The van der Waals surface area contributed by atoms with Gasteiger partial charge >= 0.3 is 0 Å². The number of aromatic nitrogens is 3. The van der Waals surface area contributed by atoms with E-state index in [0.717, 1.165) is 11.8 Å². The topological polar surface area (TPSA) is 90.9 Å². The number of benzene rings is 1. The second-order valence-electron chi connectivity index (χ2n) is 6.74. The highest BCUT2D eigenvalue weighted by molar-refractivity contribution is 8.01. The average molecular weight is 364 g/mol. The van der Waals surface area contributed by atoms with Gasteiger partial charge in [-0.3, -0.25) is 15.2 Å². The van der Waals surface area contributed by atoms with Crippen molar-refractivity contribution in [1.29, 1.82) is 0 Å². The zero-order valence-electron chi connectivity index (χ0n) is 14.2. The first kappa shape index (κ1) is 17.7. The molecule has 1 heterocycles.